The maximum absolute atomic E-state index is 13.2. The summed E-state index contributed by atoms with van der Waals surface area (Å²) in [6.45, 7) is 0.538. The van der Waals surface area contributed by atoms with Gasteiger partial charge in [0.1, 0.15) is 5.82 Å². The van der Waals surface area contributed by atoms with Gasteiger partial charge in [0.05, 0.1) is 29.4 Å². The van der Waals surface area contributed by atoms with Crippen LogP contribution in [0.2, 0.25) is 0 Å². The number of hydrogen-bond acceptors (Lipinski definition) is 4. The van der Waals surface area contributed by atoms with E-state index >= 15 is 0 Å². The van der Waals surface area contributed by atoms with Crippen molar-refractivity contribution in [3.8, 4) is 0 Å². The standard InChI is InChI=1S/C17H17FN4O/c1-21-17-14(9-20-21)15(6-7-19-17)22-10-13(23)8-16(22)11-2-4-12(18)5-3-11/h2-7,9,13,16,23H,8,10H2,1H3/t13-,16-/m1/s1. The molecule has 1 N–H and O–H groups in total. The third kappa shape index (κ3) is 2.35. The highest BCUT2D eigenvalue weighted by Crippen LogP contribution is 2.38. The van der Waals surface area contributed by atoms with Crippen molar-refractivity contribution >= 4 is 16.7 Å². The van der Waals surface area contributed by atoms with Crippen molar-refractivity contribution in [1.29, 1.82) is 0 Å². The Labute approximate surface area is 133 Å². The number of hydrogen-bond donors (Lipinski definition) is 1. The molecule has 1 aromatic carbocycles. The van der Waals surface area contributed by atoms with E-state index in [1.807, 2.05) is 13.1 Å². The van der Waals surface area contributed by atoms with Crippen LogP contribution >= 0.6 is 0 Å². The van der Waals surface area contributed by atoms with E-state index in [1.54, 1.807) is 29.2 Å². The highest BCUT2D eigenvalue weighted by atomic mass is 19.1. The highest BCUT2D eigenvalue weighted by Gasteiger charge is 2.33. The van der Waals surface area contributed by atoms with E-state index < -0.39 is 6.10 Å². The van der Waals surface area contributed by atoms with E-state index in [4.69, 9.17) is 0 Å². The maximum atomic E-state index is 13.2. The SMILES string of the molecule is Cn1ncc2c(N3C[C@H](O)C[C@@H]3c3ccc(F)cc3)ccnc21. The molecule has 1 aliphatic heterocycles. The van der Waals surface area contributed by atoms with E-state index in [1.165, 1.54) is 12.1 Å². The van der Waals surface area contributed by atoms with Crippen LogP contribution in [0.4, 0.5) is 10.1 Å². The minimum atomic E-state index is -0.412. The van der Waals surface area contributed by atoms with E-state index in [0.717, 1.165) is 22.3 Å². The Morgan fingerprint density at radius 3 is 2.78 bits per heavy atom. The van der Waals surface area contributed by atoms with Gasteiger partial charge in [-0.3, -0.25) is 4.68 Å². The van der Waals surface area contributed by atoms with Gasteiger partial charge in [-0.2, -0.15) is 5.10 Å². The maximum Gasteiger partial charge on any atom is 0.159 e. The fourth-order valence-corrected chi connectivity index (χ4v) is 3.36. The van der Waals surface area contributed by atoms with Crippen molar-refractivity contribution in [2.75, 3.05) is 11.4 Å². The summed E-state index contributed by atoms with van der Waals surface area (Å²) in [7, 11) is 1.86. The predicted octanol–water partition coefficient (Wildman–Crippen LogP) is 2.42. The molecule has 1 aliphatic rings. The Bertz CT molecular complexity index is 845. The molecule has 0 bridgehead atoms. The molecule has 6 heteroatoms. The molecule has 5 nitrogen and oxygen atoms in total. The topological polar surface area (TPSA) is 54.2 Å². The first kappa shape index (κ1) is 14.1. The lowest BCUT2D eigenvalue weighted by Gasteiger charge is -2.27. The van der Waals surface area contributed by atoms with E-state index in [9.17, 15) is 9.50 Å². The number of pyridine rings is 1. The lowest BCUT2D eigenvalue weighted by molar-refractivity contribution is 0.194. The molecule has 1 fully saturated rings. The molecule has 2 aromatic heterocycles. The Hall–Kier alpha value is -2.47. The molecule has 0 saturated carbocycles. The molecule has 0 spiro atoms. The number of aryl methyl sites for hydroxylation is 1. The van der Waals surface area contributed by atoms with Crippen LogP contribution in [0.25, 0.3) is 11.0 Å². The molecule has 2 atom stereocenters. The van der Waals surface area contributed by atoms with E-state index in [0.29, 0.717) is 13.0 Å². The van der Waals surface area contributed by atoms with Crippen LogP contribution in [0, 0.1) is 5.82 Å². The van der Waals surface area contributed by atoms with E-state index in [-0.39, 0.29) is 11.9 Å². The molecular weight excluding hydrogens is 295 g/mol. The Balaban J connectivity index is 1.80. The minimum absolute atomic E-state index is 0.0106. The van der Waals surface area contributed by atoms with Crippen molar-refractivity contribution in [3.63, 3.8) is 0 Å². The normalized spacial score (nSPS) is 21.3. The first-order valence-corrected chi connectivity index (χ1v) is 7.60. The second-order valence-electron chi connectivity index (χ2n) is 5.94. The number of fused-ring (bicyclic) bond motifs is 1. The average molecular weight is 312 g/mol. The zero-order valence-electron chi connectivity index (χ0n) is 12.7. The smallest absolute Gasteiger partial charge is 0.159 e. The molecule has 23 heavy (non-hydrogen) atoms. The zero-order valence-corrected chi connectivity index (χ0v) is 12.7. The van der Waals surface area contributed by atoms with Gasteiger partial charge in [-0.15, -0.1) is 0 Å². The van der Waals surface area contributed by atoms with Gasteiger partial charge >= 0.3 is 0 Å². The van der Waals surface area contributed by atoms with Crippen LogP contribution < -0.4 is 4.90 Å². The molecule has 0 radical (unpaired) electrons. The predicted molar refractivity (Wildman–Crippen MR) is 85.6 cm³/mol. The second-order valence-corrected chi connectivity index (χ2v) is 5.94. The molecule has 118 valence electrons. The van der Waals surface area contributed by atoms with Crippen molar-refractivity contribution < 1.29 is 9.50 Å². The van der Waals surface area contributed by atoms with Crippen LogP contribution in [-0.4, -0.2) is 32.5 Å². The molecule has 1 saturated heterocycles. The van der Waals surface area contributed by atoms with Crippen LogP contribution in [0.1, 0.15) is 18.0 Å². The third-order valence-electron chi connectivity index (χ3n) is 4.46. The zero-order chi connectivity index (χ0) is 16.0. The average Bonchev–Trinajstić information content (AvgIpc) is 3.12. The van der Waals surface area contributed by atoms with E-state index in [2.05, 4.69) is 15.0 Å². The summed E-state index contributed by atoms with van der Waals surface area (Å²) in [5.41, 5.74) is 2.80. The van der Waals surface area contributed by atoms with Crippen LogP contribution in [0.5, 0.6) is 0 Å². The molecule has 0 aliphatic carbocycles. The van der Waals surface area contributed by atoms with Gasteiger partial charge in [0.2, 0.25) is 0 Å². The van der Waals surface area contributed by atoms with Gasteiger partial charge < -0.3 is 10.0 Å². The molecule has 3 aromatic rings. The first-order chi connectivity index (χ1) is 11.1. The molecule has 0 amide bonds. The first-order valence-electron chi connectivity index (χ1n) is 7.60. The van der Waals surface area contributed by atoms with Crippen LogP contribution in [-0.2, 0) is 7.05 Å². The second kappa shape index (κ2) is 5.31. The summed E-state index contributed by atoms with van der Waals surface area (Å²) in [5.74, 6) is -0.252. The number of aromatic nitrogens is 3. The highest BCUT2D eigenvalue weighted by molar-refractivity contribution is 5.89. The Kier molecular flexibility index (Phi) is 3.27. The summed E-state index contributed by atoms with van der Waals surface area (Å²) in [5, 5.41) is 15.4. The van der Waals surface area contributed by atoms with Gasteiger partial charge in [0.15, 0.2) is 5.65 Å². The summed E-state index contributed by atoms with van der Waals surface area (Å²) in [6.07, 6.45) is 3.76. The van der Waals surface area contributed by atoms with Crippen molar-refractivity contribution in [3.05, 3.63) is 54.1 Å². The number of aliphatic hydroxyl groups excluding tert-OH is 1. The van der Waals surface area contributed by atoms with Crippen LogP contribution in [0.15, 0.2) is 42.7 Å². The number of aliphatic hydroxyl groups is 1. The number of benzene rings is 1. The fraction of sp³-hybridized carbons (Fsp3) is 0.294. The molecular formula is C17H17FN4O. The molecule has 4 rings (SSSR count). The summed E-state index contributed by atoms with van der Waals surface area (Å²) in [4.78, 5) is 6.52. The number of anilines is 1. The molecule has 0 unspecified atom stereocenters. The molecule has 3 heterocycles. The quantitative estimate of drug-likeness (QED) is 0.789. The fourth-order valence-electron chi connectivity index (χ4n) is 3.36. The lowest BCUT2D eigenvalue weighted by atomic mass is 10.0. The van der Waals surface area contributed by atoms with Gasteiger partial charge in [0, 0.05) is 19.8 Å². The summed E-state index contributed by atoms with van der Waals surface area (Å²) < 4.78 is 14.9. The minimum Gasteiger partial charge on any atom is -0.391 e. The number of nitrogens with zero attached hydrogens (tertiary/aromatic N) is 4. The van der Waals surface area contributed by atoms with Gasteiger partial charge in [0.25, 0.3) is 0 Å². The summed E-state index contributed by atoms with van der Waals surface area (Å²) in [6, 6.07) is 8.45. The lowest BCUT2D eigenvalue weighted by Crippen LogP contribution is -2.24. The Morgan fingerprint density at radius 2 is 2.00 bits per heavy atom. The van der Waals surface area contributed by atoms with Gasteiger partial charge in [-0.25, -0.2) is 9.37 Å². The van der Waals surface area contributed by atoms with Gasteiger partial charge in [-0.1, -0.05) is 12.1 Å². The number of β-amino-alcohol motifs (C(OH)–C–C–N with tert-alkyl or cyclic N) is 1. The van der Waals surface area contributed by atoms with Gasteiger partial charge in [-0.05, 0) is 30.2 Å². The third-order valence-corrected chi connectivity index (χ3v) is 4.46. The Morgan fingerprint density at radius 1 is 1.22 bits per heavy atom. The van der Waals surface area contributed by atoms with Crippen LogP contribution in [0.3, 0.4) is 0 Å². The monoisotopic (exact) mass is 312 g/mol. The van der Waals surface area contributed by atoms with Crippen molar-refractivity contribution in [1.82, 2.24) is 14.8 Å². The largest absolute Gasteiger partial charge is 0.391 e. The summed E-state index contributed by atoms with van der Waals surface area (Å²) >= 11 is 0. The van der Waals surface area contributed by atoms with Crippen molar-refractivity contribution in [2.24, 2.45) is 7.05 Å². The van der Waals surface area contributed by atoms with Crippen molar-refractivity contribution in [2.45, 2.75) is 18.6 Å². The number of halogens is 1. The number of rotatable bonds is 2.